The van der Waals surface area contributed by atoms with E-state index in [4.69, 9.17) is 9.47 Å². The first kappa shape index (κ1) is 18.8. The van der Waals surface area contributed by atoms with Crippen molar-refractivity contribution in [1.82, 2.24) is 19.9 Å². The molecule has 0 unspecified atom stereocenters. The van der Waals surface area contributed by atoms with E-state index in [0.29, 0.717) is 44.8 Å². The minimum atomic E-state index is -0.482. The van der Waals surface area contributed by atoms with Crippen LogP contribution in [0.15, 0.2) is 36.9 Å². The molecule has 2 aromatic heterocycles. The highest BCUT2D eigenvalue weighted by atomic mass is 16.7. The smallest absolute Gasteiger partial charge is 0.274 e. The number of pyridine rings is 1. The fraction of sp³-hybridized carbons (Fsp3) is 0.500. The van der Waals surface area contributed by atoms with Crippen LogP contribution in [-0.2, 0) is 15.9 Å². The number of carbonyl (C=O) groups excluding carboxylic acids is 1. The molecule has 0 aliphatic carbocycles. The summed E-state index contributed by atoms with van der Waals surface area (Å²) in [7, 11) is 1.97. The molecule has 2 aliphatic heterocycles. The number of likely N-dealkylation sites (N-methyl/N-ethyl adjacent to an activating group) is 1. The second kappa shape index (κ2) is 8.20. The van der Waals surface area contributed by atoms with Crippen molar-refractivity contribution in [2.75, 3.05) is 44.8 Å². The van der Waals surface area contributed by atoms with Gasteiger partial charge in [0.05, 0.1) is 25.6 Å². The van der Waals surface area contributed by atoms with Gasteiger partial charge in [0.1, 0.15) is 11.5 Å². The Kier molecular flexibility index (Phi) is 5.50. The molecule has 1 amide bonds. The number of carbonyl (C=O) groups is 1. The maximum absolute atomic E-state index is 12.7. The number of nitrogens with zero attached hydrogens (tertiary/aromatic N) is 5. The van der Waals surface area contributed by atoms with Gasteiger partial charge in [-0.15, -0.1) is 0 Å². The van der Waals surface area contributed by atoms with Gasteiger partial charge >= 0.3 is 0 Å². The monoisotopic (exact) mass is 383 g/mol. The van der Waals surface area contributed by atoms with Crippen LogP contribution in [0.5, 0.6) is 0 Å². The zero-order chi connectivity index (χ0) is 19.4. The Labute approximate surface area is 164 Å². The van der Waals surface area contributed by atoms with Crippen LogP contribution in [0.25, 0.3) is 0 Å². The van der Waals surface area contributed by atoms with E-state index in [-0.39, 0.29) is 5.91 Å². The fourth-order valence-corrected chi connectivity index (χ4v) is 3.59. The SMILES string of the molecule is CN(CCc1ccncc1)c1cnc(C(=O)N2CCC3(CC2)OCCO3)cn1. The molecule has 0 aromatic carbocycles. The van der Waals surface area contributed by atoms with Crippen LogP contribution in [0.1, 0.15) is 28.9 Å². The second-order valence-corrected chi connectivity index (χ2v) is 7.19. The summed E-state index contributed by atoms with van der Waals surface area (Å²) in [5.74, 6) is 0.173. The normalized spacial score (nSPS) is 18.4. The zero-order valence-corrected chi connectivity index (χ0v) is 16.1. The number of likely N-dealkylation sites (tertiary alicyclic amines) is 1. The summed E-state index contributed by atoms with van der Waals surface area (Å²) in [6, 6.07) is 4.01. The van der Waals surface area contributed by atoms with Crippen molar-refractivity contribution in [3.63, 3.8) is 0 Å². The number of piperidine rings is 1. The van der Waals surface area contributed by atoms with Gasteiger partial charge in [0.15, 0.2) is 5.79 Å². The van der Waals surface area contributed by atoms with Crippen LogP contribution < -0.4 is 4.90 Å². The molecule has 4 rings (SSSR count). The Morgan fingerprint density at radius 1 is 1.14 bits per heavy atom. The van der Waals surface area contributed by atoms with Crippen LogP contribution in [0.4, 0.5) is 5.82 Å². The summed E-state index contributed by atoms with van der Waals surface area (Å²) in [5, 5.41) is 0. The van der Waals surface area contributed by atoms with Gasteiger partial charge in [-0.2, -0.15) is 0 Å². The van der Waals surface area contributed by atoms with Gasteiger partial charge in [0, 0.05) is 51.9 Å². The summed E-state index contributed by atoms with van der Waals surface area (Å²) in [5.41, 5.74) is 1.59. The van der Waals surface area contributed by atoms with E-state index in [9.17, 15) is 4.79 Å². The van der Waals surface area contributed by atoms with Crippen molar-refractivity contribution < 1.29 is 14.3 Å². The van der Waals surface area contributed by atoms with Crippen LogP contribution in [0.2, 0.25) is 0 Å². The van der Waals surface area contributed by atoms with Crippen LogP contribution in [-0.4, -0.2) is 71.4 Å². The van der Waals surface area contributed by atoms with Gasteiger partial charge in [-0.1, -0.05) is 0 Å². The third-order valence-electron chi connectivity index (χ3n) is 5.36. The topological polar surface area (TPSA) is 80.7 Å². The standard InChI is InChI=1S/C20H25N5O3/c1-24(9-4-16-2-7-21-8-3-16)18-15-22-17(14-23-18)19(26)25-10-5-20(6-11-25)27-12-13-28-20/h2-3,7-8,14-15H,4-6,9-13H2,1H3. The molecule has 28 heavy (non-hydrogen) atoms. The van der Waals surface area contributed by atoms with Gasteiger partial charge in [0.25, 0.3) is 5.91 Å². The summed E-state index contributed by atoms with van der Waals surface area (Å²) in [6.45, 7) is 3.29. The zero-order valence-electron chi connectivity index (χ0n) is 16.1. The lowest BCUT2D eigenvalue weighted by Gasteiger charge is -2.37. The molecule has 1 spiro atoms. The quantitative estimate of drug-likeness (QED) is 0.774. The summed E-state index contributed by atoms with van der Waals surface area (Å²) in [4.78, 5) is 29.4. The van der Waals surface area contributed by atoms with Gasteiger partial charge < -0.3 is 19.3 Å². The molecule has 2 aliphatic rings. The first-order valence-electron chi connectivity index (χ1n) is 9.64. The third-order valence-corrected chi connectivity index (χ3v) is 5.36. The van der Waals surface area contributed by atoms with Crippen molar-refractivity contribution in [3.8, 4) is 0 Å². The average Bonchev–Trinajstić information content (AvgIpc) is 3.21. The Balaban J connectivity index is 1.31. The lowest BCUT2D eigenvalue weighted by molar-refractivity contribution is -0.181. The number of hydrogen-bond donors (Lipinski definition) is 0. The van der Waals surface area contributed by atoms with E-state index in [0.717, 1.165) is 18.8 Å². The van der Waals surface area contributed by atoms with E-state index < -0.39 is 5.79 Å². The Morgan fingerprint density at radius 3 is 2.50 bits per heavy atom. The highest BCUT2D eigenvalue weighted by Gasteiger charge is 2.41. The van der Waals surface area contributed by atoms with E-state index >= 15 is 0 Å². The minimum Gasteiger partial charge on any atom is -0.358 e. The summed E-state index contributed by atoms with van der Waals surface area (Å²) >= 11 is 0. The molecule has 148 valence electrons. The third kappa shape index (κ3) is 4.13. The van der Waals surface area contributed by atoms with Crippen molar-refractivity contribution in [2.24, 2.45) is 0 Å². The predicted octanol–water partition coefficient (Wildman–Crippen LogP) is 1.53. The molecular weight excluding hydrogens is 358 g/mol. The molecule has 8 nitrogen and oxygen atoms in total. The van der Waals surface area contributed by atoms with Crippen LogP contribution in [0.3, 0.4) is 0 Å². The average molecular weight is 383 g/mol. The van der Waals surface area contributed by atoms with E-state index in [1.54, 1.807) is 29.7 Å². The minimum absolute atomic E-state index is 0.0914. The molecule has 0 radical (unpaired) electrons. The van der Waals surface area contributed by atoms with Crippen molar-refractivity contribution >= 4 is 11.7 Å². The van der Waals surface area contributed by atoms with Crippen LogP contribution >= 0.6 is 0 Å². The second-order valence-electron chi connectivity index (χ2n) is 7.19. The molecule has 2 saturated heterocycles. The van der Waals surface area contributed by atoms with Gasteiger partial charge in [-0.25, -0.2) is 9.97 Å². The number of amides is 1. The Hall–Kier alpha value is -2.58. The van der Waals surface area contributed by atoms with E-state index in [1.807, 2.05) is 24.1 Å². The fourth-order valence-electron chi connectivity index (χ4n) is 3.59. The molecule has 2 fully saturated rings. The first-order chi connectivity index (χ1) is 13.7. The molecule has 8 heteroatoms. The Morgan fingerprint density at radius 2 is 1.86 bits per heavy atom. The molecular formula is C20H25N5O3. The maximum atomic E-state index is 12.7. The van der Waals surface area contributed by atoms with Gasteiger partial charge in [-0.05, 0) is 24.1 Å². The van der Waals surface area contributed by atoms with Gasteiger partial charge in [0.2, 0.25) is 0 Å². The number of aromatic nitrogens is 3. The number of rotatable bonds is 5. The largest absolute Gasteiger partial charge is 0.358 e. The summed E-state index contributed by atoms with van der Waals surface area (Å²) < 4.78 is 11.4. The van der Waals surface area contributed by atoms with E-state index in [2.05, 4.69) is 15.0 Å². The lowest BCUT2D eigenvalue weighted by atomic mass is 10.0. The maximum Gasteiger partial charge on any atom is 0.274 e. The van der Waals surface area contributed by atoms with Crippen molar-refractivity contribution in [2.45, 2.75) is 25.0 Å². The predicted molar refractivity (Wildman–Crippen MR) is 103 cm³/mol. The number of anilines is 1. The molecule has 2 aromatic rings. The van der Waals surface area contributed by atoms with Crippen molar-refractivity contribution in [3.05, 3.63) is 48.2 Å². The number of hydrogen-bond acceptors (Lipinski definition) is 7. The molecule has 0 saturated carbocycles. The molecule has 0 N–H and O–H groups in total. The van der Waals surface area contributed by atoms with Gasteiger partial charge in [-0.3, -0.25) is 9.78 Å². The number of ether oxygens (including phenoxy) is 2. The summed E-state index contributed by atoms with van der Waals surface area (Å²) in [6.07, 6.45) is 9.10. The highest BCUT2D eigenvalue weighted by Crippen LogP contribution is 2.31. The van der Waals surface area contributed by atoms with Crippen molar-refractivity contribution in [1.29, 1.82) is 0 Å². The van der Waals surface area contributed by atoms with E-state index in [1.165, 1.54) is 5.56 Å². The Bertz CT molecular complexity index is 783. The van der Waals surface area contributed by atoms with Crippen LogP contribution in [0, 0.1) is 0 Å². The molecule has 0 bridgehead atoms. The molecule has 4 heterocycles. The highest BCUT2D eigenvalue weighted by molar-refractivity contribution is 5.92. The lowest BCUT2D eigenvalue weighted by Crippen LogP contribution is -2.47. The molecule has 0 atom stereocenters. The first-order valence-corrected chi connectivity index (χ1v) is 9.64.